The van der Waals surface area contributed by atoms with Crippen molar-refractivity contribution in [3.05, 3.63) is 36.0 Å². The zero-order chi connectivity index (χ0) is 27.6. The van der Waals surface area contributed by atoms with Gasteiger partial charge in [0.1, 0.15) is 29.8 Å². The molecule has 7 heterocycles. The van der Waals surface area contributed by atoms with Gasteiger partial charge in [-0.05, 0) is 38.3 Å². The van der Waals surface area contributed by atoms with Crippen molar-refractivity contribution in [2.45, 2.75) is 62.1 Å². The van der Waals surface area contributed by atoms with Crippen LogP contribution in [-0.4, -0.2) is 81.4 Å². The molecule has 0 aliphatic carbocycles. The molecule has 1 N–H and O–H groups in total. The van der Waals surface area contributed by atoms with E-state index < -0.39 is 40.5 Å². The summed E-state index contributed by atoms with van der Waals surface area (Å²) < 4.78 is 77.7. The maximum atomic E-state index is 16.1. The fraction of sp³-hybridized carbons (Fsp3) is 0.556. The van der Waals surface area contributed by atoms with Gasteiger partial charge in [0.25, 0.3) is 0 Å². The maximum absolute atomic E-state index is 16.1. The van der Waals surface area contributed by atoms with Gasteiger partial charge in [-0.25, -0.2) is 8.78 Å². The largest absolute Gasteiger partial charge is 0.461 e. The molecule has 2 bridgehead atoms. The smallest absolute Gasteiger partial charge is 0.417 e. The minimum absolute atomic E-state index is 0.0878. The standard InChI is InChI=1S/C27H28F5N7O/c28-15-8-26(5-1-7-39(26)11-15)14-40-25-36-23-19(24(37-25)38-12-16-2-3-17(13-38)35-16)10-34-22(21(23)29)18-9-33-6-4-20(18)27(30,31)32/h4,6,9-10,15-17,35H,1-3,5,7-8,11-14H2/t15-,16?,17?,26+/m1/s1. The number of fused-ring (bicyclic) bond motifs is 4. The molecular formula is C27H28F5N7O. The van der Waals surface area contributed by atoms with Crippen LogP contribution in [-0.2, 0) is 6.18 Å². The highest BCUT2D eigenvalue weighted by Gasteiger charge is 2.49. The van der Waals surface area contributed by atoms with Crippen LogP contribution in [0.1, 0.15) is 37.7 Å². The van der Waals surface area contributed by atoms with Crippen molar-refractivity contribution in [3.8, 4) is 17.3 Å². The summed E-state index contributed by atoms with van der Waals surface area (Å²) in [7, 11) is 0. The van der Waals surface area contributed by atoms with Gasteiger partial charge in [-0.3, -0.25) is 14.9 Å². The van der Waals surface area contributed by atoms with E-state index in [1.807, 2.05) is 4.90 Å². The number of halogens is 5. The van der Waals surface area contributed by atoms with Crippen molar-refractivity contribution in [1.82, 2.24) is 30.2 Å². The molecule has 0 radical (unpaired) electrons. The highest BCUT2D eigenvalue weighted by atomic mass is 19.4. The highest BCUT2D eigenvalue weighted by molar-refractivity contribution is 5.92. The van der Waals surface area contributed by atoms with E-state index in [9.17, 15) is 17.6 Å². The summed E-state index contributed by atoms with van der Waals surface area (Å²) >= 11 is 0. The van der Waals surface area contributed by atoms with Crippen molar-refractivity contribution in [2.75, 3.05) is 37.7 Å². The molecular weight excluding hydrogens is 533 g/mol. The Bertz CT molecular complexity index is 1440. The van der Waals surface area contributed by atoms with Gasteiger partial charge in [0.2, 0.25) is 0 Å². The molecule has 0 saturated carbocycles. The summed E-state index contributed by atoms with van der Waals surface area (Å²) in [6, 6.07) is 1.21. The average molecular weight is 562 g/mol. The Morgan fingerprint density at radius 2 is 1.90 bits per heavy atom. The molecule has 13 heteroatoms. The molecule has 40 heavy (non-hydrogen) atoms. The Morgan fingerprint density at radius 1 is 1.10 bits per heavy atom. The Morgan fingerprint density at radius 3 is 2.67 bits per heavy atom. The van der Waals surface area contributed by atoms with Gasteiger partial charge in [0.15, 0.2) is 5.82 Å². The number of nitrogens with one attached hydrogen (secondary N) is 1. The van der Waals surface area contributed by atoms with E-state index >= 15 is 4.39 Å². The third kappa shape index (κ3) is 4.33. The van der Waals surface area contributed by atoms with E-state index in [1.165, 1.54) is 6.20 Å². The minimum Gasteiger partial charge on any atom is -0.461 e. The molecule has 0 amide bonds. The zero-order valence-corrected chi connectivity index (χ0v) is 21.6. The van der Waals surface area contributed by atoms with Gasteiger partial charge in [-0.1, -0.05) is 0 Å². The molecule has 4 aliphatic rings. The van der Waals surface area contributed by atoms with Gasteiger partial charge in [0, 0.05) is 62.3 Å². The molecule has 3 aromatic rings. The number of alkyl halides is 4. The first-order valence-electron chi connectivity index (χ1n) is 13.6. The molecule has 7 rings (SSSR count). The summed E-state index contributed by atoms with van der Waals surface area (Å²) in [6.45, 7) is 2.55. The lowest BCUT2D eigenvalue weighted by Gasteiger charge is -2.34. The number of hydrogen-bond acceptors (Lipinski definition) is 8. The number of pyridine rings is 2. The number of ether oxygens (including phenoxy) is 1. The Balaban J connectivity index is 1.32. The fourth-order valence-electron chi connectivity index (χ4n) is 6.96. The van der Waals surface area contributed by atoms with Crippen LogP contribution in [0.15, 0.2) is 24.7 Å². The van der Waals surface area contributed by atoms with Crippen LogP contribution in [0.3, 0.4) is 0 Å². The first-order chi connectivity index (χ1) is 19.2. The van der Waals surface area contributed by atoms with E-state index in [0.717, 1.165) is 50.7 Å². The maximum Gasteiger partial charge on any atom is 0.417 e. The quantitative estimate of drug-likeness (QED) is 0.466. The fourth-order valence-corrected chi connectivity index (χ4v) is 6.96. The third-order valence-electron chi connectivity index (χ3n) is 8.77. The minimum atomic E-state index is -4.73. The summed E-state index contributed by atoms with van der Waals surface area (Å²) in [6.07, 6.45) is 1.68. The number of aromatic nitrogens is 4. The number of rotatable bonds is 5. The second-order valence-electron chi connectivity index (χ2n) is 11.3. The second-order valence-corrected chi connectivity index (χ2v) is 11.3. The zero-order valence-electron chi connectivity index (χ0n) is 21.6. The lowest BCUT2D eigenvalue weighted by Crippen LogP contribution is -2.51. The van der Waals surface area contributed by atoms with Crippen LogP contribution in [0.25, 0.3) is 22.2 Å². The predicted molar refractivity (Wildman–Crippen MR) is 136 cm³/mol. The molecule has 2 unspecified atom stereocenters. The van der Waals surface area contributed by atoms with E-state index in [1.54, 1.807) is 0 Å². The monoisotopic (exact) mass is 561 g/mol. The first-order valence-corrected chi connectivity index (χ1v) is 13.6. The summed E-state index contributed by atoms with van der Waals surface area (Å²) in [5, 5.41) is 3.83. The van der Waals surface area contributed by atoms with Crippen molar-refractivity contribution in [1.29, 1.82) is 0 Å². The van der Waals surface area contributed by atoms with E-state index in [0.29, 0.717) is 31.9 Å². The van der Waals surface area contributed by atoms with E-state index in [4.69, 9.17) is 4.74 Å². The third-order valence-corrected chi connectivity index (χ3v) is 8.77. The molecule has 212 valence electrons. The van der Waals surface area contributed by atoms with Gasteiger partial charge < -0.3 is 15.0 Å². The number of anilines is 1. The Labute approximate surface area is 227 Å². The van der Waals surface area contributed by atoms with Crippen LogP contribution in [0.5, 0.6) is 6.01 Å². The van der Waals surface area contributed by atoms with Gasteiger partial charge >= 0.3 is 12.2 Å². The number of hydrogen-bond donors (Lipinski definition) is 1. The van der Waals surface area contributed by atoms with Crippen LogP contribution in [0.4, 0.5) is 27.8 Å². The van der Waals surface area contributed by atoms with Crippen molar-refractivity contribution < 1.29 is 26.7 Å². The molecule has 8 nitrogen and oxygen atoms in total. The molecule has 4 saturated heterocycles. The van der Waals surface area contributed by atoms with E-state index in [2.05, 4.69) is 30.2 Å². The van der Waals surface area contributed by atoms with Crippen molar-refractivity contribution in [3.63, 3.8) is 0 Å². The van der Waals surface area contributed by atoms with Gasteiger partial charge in [-0.15, -0.1) is 0 Å². The van der Waals surface area contributed by atoms with Crippen molar-refractivity contribution >= 4 is 16.7 Å². The lowest BCUT2D eigenvalue weighted by atomic mass is 9.95. The second kappa shape index (κ2) is 9.44. The summed E-state index contributed by atoms with van der Waals surface area (Å²) in [4.78, 5) is 21.1. The lowest BCUT2D eigenvalue weighted by molar-refractivity contribution is -0.137. The number of piperazine rings is 1. The average Bonchev–Trinajstić information content (AvgIpc) is 3.57. The van der Waals surface area contributed by atoms with E-state index in [-0.39, 0.29) is 35.6 Å². The van der Waals surface area contributed by atoms with Crippen LogP contribution >= 0.6 is 0 Å². The van der Waals surface area contributed by atoms with Gasteiger partial charge in [0.05, 0.1) is 16.5 Å². The van der Waals surface area contributed by atoms with Crippen molar-refractivity contribution in [2.24, 2.45) is 0 Å². The molecule has 4 aliphatic heterocycles. The normalized spacial score (nSPS) is 28.4. The van der Waals surface area contributed by atoms with Gasteiger partial charge in [-0.2, -0.15) is 23.1 Å². The number of nitrogens with zero attached hydrogens (tertiary/aromatic N) is 6. The topological polar surface area (TPSA) is 79.3 Å². The summed E-state index contributed by atoms with van der Waals surface area (Å²) in [5.41, 5.74) is -2.66. The SMILES string of the molecule is Fc1c(-c2cnccc2C(F)(F)F)ncc2c(N3CC4CCC(C3)N4)nc(OC[C@@]34CCCN3C[C@H](F)C4)nc12. The van der Waals surface area contributed by atoms with Crippen LogP contribution < -0.4 is 15.0 Å². The van der Waals surface area contributed by atoms with Crippen LogP contribution in [0.2, 0.25) is 0 Å². The van der Waals surface area contributed by atoms with Crippen LogP contribution in [0, 0.1) is 5.82 Å². The Hall–Kier alpha value is -3.19. The summed E-state index contributed by atoms with van der Waals surface area (Å²) in [5.74, 6) is -0.581. The molecule has 4 atom stereocenters. The predicted octanol–water partition coefficient (Wildman–Crippen LogP) is 4.14. The Kier molecular flexibility index (Phi) is 6.08. The molecule has 0 aromatic carbocycles. The first kappa shape index (κ1) is 25.8. The molecule has 0 spiro atoms. The molecule has 4 fully saturated rings. The highest BCUT2D eigenvalue weighted by Crippen LogP contribution is 2.42. The molecule has 3 aromatic heterocycles.